The number of alkyl halides is 1. The van der Waals surface area contributed by atoms with E-state index in [9.17, 15) is 9.59 Å². The van der Waals surface area contributed by atoms with Gasteiger partial charge in [-0.05, 0) is 49.0 Å². The Hall–Kier alpha value is -0.890. The highest BCUT2D eigenvalue weighted by atomic mass is 127. The molecule has 0 amide bonds. The third kappa shape index (κ3) is 4.29. The molecule has 0 spiro atoms. The Labute approximate surface area is 141 Å². The highest BCUT2D eigenvalue weighted by Crippen LogP contribution is 2.45. The third-order valence-corrected chi connectivity index (χ3v) is 4.99. The molecular weight excluding hydrogens is 375 g/mol. The number of rotatable bonds is 6. The fraction of sp³-hybridized carbons (Fsp3) is 0.556. The van der Waals surface area contributed by atoms with Crippen LogP contribution < -0.4 is 0 Å². The summed E-state index contributed by atoms with van der Waals surface area (Å²) in [7, 11) is 0. The summed E-state index contributed by atoms with van der Waals surface area (Å²) in [6.07, 6.45) is 12.4. The molecule has 114 valence electrons. The lowest BCUT2D eigenvalue weighted by Crippen LogP contribution is -2.38. The van der Waals surface area contributed by atoms with E-state index >= 15 is 0 Å². The van der Waals surface area contributed by atoms with Gasteiger partial charge in [0.25, 0.3) is 0 Å². The van der Waals surface area contributed by atoms with Crippen molar-refractivity contribution >= 4 is 34.2 Å². The molecule has 0 radical (unpaired) electrons. The van der Waals surface area contributed by atoms with Gasteiger partial charge in [-0.2, -0.15) is 0 Å². The van der Waals surface area contributed by atoms with Crippen molar-refractivity contribution in [3.8, 4) is 12.3 Å². The molecule has 1 rings (SSSR count). The Bertz CT molecular complexity index is 518. The molecule has 3 heteroatoms. The molecule has 1 aliphatic rings. The topological polar surface area (TPSA) is 34.1 Å². The summed E-state index contributed by atoms with van der Waals surface area (Å²) in [5.41, 5.74) is 1.37. The van der Waals surface area contributed by atoms with E-state index in [1.807, 2.05) is 26.8 Å². The van der Waals surface area contributed by atoms with Crippen LogP contribution in [0.15, 0.2) is 23.3 Å². The van der Waals surface area contributed by atoms with Crippen LogP contribution >= 0.6 is 22.6 Å². The second kappa shape index (κ2) is 7.93. The minimum atomic E-state index is -0.490. The summed E-state index contributed by atoms with van der Waals surface area (Å²) in [5, 5.41) is 0. The van der Waals surface area contributed by atoms with Gasteiger partial charge in [0, 0.05) is 16.9 Å². The molecule has 0 saturated carbocycles. The molecule has 0 N–H and O–H groups in total. The predicted molar refractivity (Wildman–Crippen MR) is 95.3 cm³/mol. The van der Waals surface area contributed by atoms with Gasteiger partial charge in [0.2, 0.25) is 5.78 Å². The third-order valence-electron chi connectivity index (χ3n) is 4.23. The van der Waals surface area contributed by atoms with Crippen molar-refractivity contribution in [3.05, 3.63) is 23.3 Å². The summed E-state index contributed by atoms with van der Waals surface area (Å²) >= 11 is 2.33. The zero-order valence-electron chi connectivity index (χ0n) is 13.0. The predicted octanol–water partition coefficient (Wildman–Crippen LogP) is 4.28. The lowest BCUT2D eigenvalue weighted by molar-refractivity contribution is -0.121. The lowest BCUT2D eigenvalue weighted by atomic mass is 9.63. The summed E-state index contributed by atoms with van der Waals surface area (Å²) < 4.78 is 1.09. The van der Waals surface area contributed by atoms with Crippen LogP contribution in [0.25, 0.3) is 0 Å². The van der Waals surface area contributed by atoms with E-state index in [0.717, 1.165) is 41.3 Å². The van der Waals surface area contributed by atoms with Crippen molar-refractivity contribution in [1.82, 2.24) is 0 Å². The standard InChI is InChI=1S/C18H23IO2/c1-5-15(20)14-11-10-13(2)17(18(14,3)4)16(21)9-7-6-8-12-19/h1,7,9,14H,6,8,10-12H2,2-4H3/b9-7+. The molecule has 1 atom stereocenters. The average Bonchev–Trinajstić information content (AvgIpc) is 2.42. The Kier molecular flexibility index (Phi) is 6.86. The zero-order valence-corrected chi connectivity index (χ0v) is 15.2. The van der Waals surface area contributed by atoms with E-state index < -0.39 is 5.41 Å². The first-order chi connectivity index (χ1) is 9.86. The molecule has 0 heterocycles. The average molecular weight is 398 g/mol. The minimum absolute atomic E-state index is 0.0282. The van der Waals surface area contributed by atoms with E-state index in [4.69, 9.17) is 6.42 Å². The molecule has 2 nitrogen and oxygen atoms in total. The summed E-state index contributed by atoms with van der Waals surface area (Å²) in [4.78, 5) is 24.5. The maximum Gasteiger partial charge on any atom is 0.209 e. The number of hydrogen-bond donors (Lipinski definition) is 0. The quantitative estimate of drug-likeness (QED) is 0.167. The van der Waals surface area contributed by atoms with E-state index in [1.165, 1.54) is 0 Å². The van der Waals surface area contributed by atoms with Gasteiger partial charge < -0.3 is 0 Å². The van der Waals surface area contributed by atoms with Crippen LogP contribution in [-0.2, 0) is 9.59 Å². The number of ketones is 2. The van der Waals surface area contributed by atoms with Crippen LogP contribution in [0.1, 0.15) is 46.5 Å². The molecule has 0 bridgehead atoms. The molecule has 0 aliphatic heterocycles. The monoisotopic (exact) mass is 398 g/mol. The Morgan fingerprint density at radius 2 is 2.14 bits per heavy atom. The van der Waals surface area contributed by atoms with Crippen LogP contribution in [0, 0.1) is 23.7 Å². The van der Waals surface area contributed by atoms with Gasteiger partial charge in [0.05, 0.1) is 0 Å². The number of Topliss-reactive ketones (excluding diaryl/α,β-unsaturated/α-hetero) is 1. The number of hydrogen-bond acceptors (Lipinski definition) is 2. The fourth-order valence-corrected chi connectivity index (χ4v) is 3.57. The number of halogens is 1. The van der Waals surface area contributed by atoms with Gasteiger partial charge in [-0.3, -0.25) is 9.59 Å². The number of carbonyl (C=O) groups is 2. The van der Waals surface area contributed by atoms with Gasteiger partial charge in [-0.15, -0.1) is 6.42 Å². The molecule has 0 aromatic carbocycles. The minimum Gasteiger partial charge on any atom is -0.290 e. The summed E-state index contributed by atoms with van der Waals surface area (Å²) in [5.74, 6) is 1.82. The summed E-state index contributed by atoms with van der Waals surface area (Å²) in [6.45, 7) is 5.91. The maximum atomic E-state index is 12.5. The van der Waals surface area contributed by atoms with Crippen molar-refractivity contribution in [2.45, 2.75) is 46.5 Å². The maximum absolute atomic E-state index is 12.5. The Balaban J connectivity index is 3.02. The first-order valence-corrected chi connectivity index (χ1v) is 8.86. The molecule has 0 aromatic rings. The molecule has 21 heavy (non-hydrogen) atoms. The van der Waals surface area contributed by atoms with Crippen molar-refractivity contribution in [2.75, 3.05) is 4.43 Å². The Morgan fingerprint density at radius 3 is 2.71 bits per heavy atom. The van der Waals surface area contributed by atoms with Gasteiger partial charge >= 0.3 is 0 Å². The number of terminal acetylenes is 1. The highest BCUT2D eigenvalue weighted by Gasteiger charge is 2.42. The number of allylic oxidation sites excluding steroid dienone is 4. The molecule has 0 fully saturated rings. The van der Waals surface area contributed by atoms with Crippen LogP contribution in [0.3, 0.4) is 0 Å². The SMILES string of the molecule is C#CC(=O)C1CCC(C)=C(C(=O)/C=C/CCCI)C1(C)C. The first-order valence-electron chi connectivity index (χ1n) is 7.33. The van der Waals surface area contributed by atoms with E-state index in [0.29, 0.717) is 0 Å². The molecule has 0 saturated heterocycles. The second-order valence-electron chi connectivity index (χ2n) is 6.07. The fourth-order valence-electron chi connectivity index (χ4n) is 3.13. The first kappa shape index (κ1) is 18.2. The summed E-state index contributed by atoms with van der Waals surface area (Å²) in [6, 6.07) is 0. The molecule has 0 aromatic heterocycles. The zero-order chi connectivity index (χ0) is 16.0. The van der Waals surface area contributed by atoms with Gasteiger partial charge in [-0.25, -0.2) is 0 Å². The van der Waals surface area contributed by atoms with E-state index in [1.54, 1.807) is 6.08 Å². The number of carbonyl (C=O) groups excluding carboxylic acids is 2. The van der Waals surface area contributed by atoms with Gasteiger partial charge in [-0.1, -0.05) is 48.1 Å². The second-order valence-corrected chi connectivity index (χ2v) is 7.15. The van der Waals surface area contributed by atoms with E-state index in [-0.39, 0.29) is 17.5 Å². The van der Waals surface area contributed by atoms with Crippen molar-refractivity contribution in [2.24, 2.45) is 11.3 Å². The normalized spacial score (nSPS) is 21.4. The van der Waals surface area contributed by atoms with Crippen molar-refractivity contribution < 1.29 is 9.59 Å². The highest BCUT2D eigenvalue weighted by molar-refractivity contribution is 14.1. The van der Waals surface area contributed by atoms with Crippen LogP contribution in [-0.4, -0.2) is 16.0 Å². The molecular formula is C18H23IO2. The van der Waals surface area contributed by atoms with E-state index in [2.05, 4.69) is 28.5 Å². The number of unbranched alkanes of at least 4 members (excludes halogenated alkanes) is 1. The van der Waals surface area contributed by atoms with Crippen molar-refractivity contribution in [3.63, 3.8) is 0 Å². The van der Waals surface area contributed by atoms with Gasteiger partial charge in [0.1, 0.15) is 0 Å². The van der Waals surface area contributed by atoms with Crippen LogP contribution in [0.4, 0.5) is 0 Å². The Morgan fingerprint density at radius 1 is 1.48 bits per heavy atom. The molecule has 1 aliphatic carbocycles. The largest absolute Gasteiger partial charge is 0.290 e. The van der Waals surface area contributed by atoms with Crippen LogP contribution in [0.5, 0.6) is 0 Å². The lowest BCUT2D eigenvalue weighted by Gasteiger charge is -2.39. The smallest absolute Gasteiger partial charge is 0.209 e. The van der Waals surface area contributed by atoms with Crippen molar-refractivity contribution in [1.29, 1.82) is 0 Å². The molecule has 1 unspecified atom stereocenters. The van der Waals surface area contributed by atoms with Gasteiger partial charge in [0.15, 0.2) is 5.78 Å². The van der Waals surface area contributed by atoms with Crippen LogP contribution in [0.2, 0.25) is 0 Å².